The third-order valence-corrected chi connectivity index (χ3v) is 3.38. The van der Waals surface area contributed by atoms with E-state index in [0.717, 1.165) is 25.1 Å². The Balaban J connectivity index is 1.98. The molecule has 0 bridgehead atoms. The predicted molar refractivity (Wildman–Crippen MR) is 72.6 cm³/mol. The SMILES string of the molecule is CC(=O)N1CCCC(C(=O)Nc2cccc(C)n2)C1. The highest BCUT2D eigenvalue weighted by Gasteiger charge is 2.27. The summed E-state index contributed by atoms with van der Waals surface area (Å²) in [6.45, 7) is 4.69. The number of amides is 2. The molecule has 102 valence electrons. The van der Waals surface area contributed by atoms with Crippen LogP contribution in [0.15, 0.2) is 18.2 Å². The lowest BCUT2D eigenvalue weighted by atomic mass is 9.97. The monoisotopic (exact) mass is 261 g/mol. The van der Waals surface area contributed by atoms with Crippen LogP contribution in [0.25, 0.3) is 0 Å². The molecule has 1 aliphatic rings. The summed E-state index contributed by atoms with van der Waals surface area (Å²) in [4.78, 5) is 29.5. The van der Waals surface area contributed by atoms with Crippen molar-refractivity contribution in [2.24, 2.45) is 5.92 Å². The average Bonchev–Trinajstić information content (AvgIpc) is 2.39. The minimum atomic E-state index is -0.139. The van der Waals surface area contributed by atoms with Gasteiger partial charge in [0.2, 0.25) is 11.8 Å². The molecule has 5 heteroatoms. The number of likely N-dealkylation sites (tertiary alicyclic amines) is 1. The zero-order chi connectivity index (χ0) is 13.8. The van der Waals surface area contributed by atoms with Crippen molar-refractivity contribution in [1.29, 1.82) is 0 Å². The van der Waals surface area contributed by atoms with Crippen molar-refractivity contribution < 1.29 is 9.59 Å². The van der Waals surface area contributed by atoms with Crippen LogP contribution in [-0.2, 0) is 9.59 Å². The molecule has 0 radical (unpaired) electrons. The maximum absolute atomic E-state index is 12.2. The number of pyridine rings is 1. The van der Waals surface area contributed by atoms with Gasteiger partial charge in [0.05, 0.1) is 5.92 Å². The molecule has 1 saturated heterocycles. The van der Waals surface area contributed by atoms with Gasteiger partial charge in [-0.1, -0.05) is 6.07 Å². The van der Waals surface area contributed by atoms with Crippen LogP contribution in [-0.4, -0.2) is 34.8 Å². The van der Waals surface area contributed by atoms with Gasteiger partial charge in [0.25, 0.3) is 0 Å². The van der Waals surface area contributed by atoms with E-state index in [4.69, 9.17) is 0 Å². The van der Waals surface area contributed by atoms with E-state index in [1.165, 1.54) is 0 Å². The average molecular weight is 261 g/mol. The Hall–Kier alpha value is -1.91. The number of nitrogens with one attached hydrogen (secondary N) is 1. The van der Waals surface area contributed by atoms with Gasteiger partial charge in [-0.05, 0) is 31.9 Å². The summed E-state index contributed by atoms with van der Waals surface area (Å²) in [6.07, 6.45) is 1.69. The Bertz CT molecular complexity index is 487. The fourth-order valence-corrected chi connectivity index (χ4v) is 2.32. The Morgan fingerprint density at radius 1 is 1.42 bits per heavy atom. The highest BCUT2D eigenvalue weighted by Crippen LogP contribution is 2.18. The lowest BCUT2D eigenvalue weighted by molar-refractivity contribution is -0.132. The summed E-state index contributed by atoms with van der Waals surface area (Å²) in [5, 5.41) is 2.82. The van der Waals surface area contributed by atoms with Crippen molar-refractivity contribution in [2.45, 2.75) is 26.7 Å². The minimum Gasteiger partial charge on any atom is -0.342 e. The van der Waals surface area contributed by atoms with Crippen LogP contribution in [0.3, 0.4) is 0 Å². The van der Waals surface area contributed by atoms with Gasteiger partial charge >= 0.3 is 0 Å². The second kappa shape index (κ2) is 5.82. The van der Waals surface area contributed by atoms with Crippen molar-refractivity contribution in [3.8, 4) is 0 Å². The van der Waals surface area contributed by atoms with E-state index in [1.54, 1.807) is 17.9 Å². The summed E-state index contributed by atoms with van der Waals surface area (Å²) in [5.41, 5.74) is 0.867. The van der Waals surface area contributed by atoms with Crippen LogP contribution >= 0.6 is 0 Å². The summed E-state index contributed by atoms with van der Waals surface area (Å²) in [7, 11) is 0. The maximum atomic E-state index is 12.2. The molecular weight excluding hydrogens is 242 g/mol. The number of anilines is 1. The zero-order valence-electron chi connectivity index (χ0n) is 11.3. The fraction of sp³-hybridized carbons (Fsp3) is 0.500. The third kappa shape index (κ3) is 3.53. The van der Waals surface area contributed by atoms with Gasteiger partial charge in [0.15, 0.2) is 0 Å². The van der Waals surface area contributed by atoms with Crippen LogP contribution < -0.4 is 5.32 Å². The lowest BCUT2D eigenvalue weighted by Crippen LogP contribution is -2.42. The molecule has 1 aromatic heterocycles. The van der Waals surface area contributed by atoms with E-state index in [0.29, 0.717) is 12.4 Å². The van der Waals surface area contributed by atoms with Gasteiger partial charge in [-0.3, -0.25) is 9.59 Å². The minimum absolute atomic E-state index is 0.0335. The smallest absolute Gasteiger partial charge is 0.230 e. The number of piperidine rings is 1. The normalized spacial score (nSPS) is 19.1. The summed E-state index contributed by atoms with van der Waals surface area (Å²) in [6, 6.07) is 5.52. The Morgan fingerprint density at radius 3 is 2.89 bits per heavy atom. The number of aryl methyl sites for hydroxylation is 1. The van der Waals surface area contributed by atoms with Crippen molar-refractivity contribution >= 4 is 17.6 Å². The molecule has 1 unspecified atom stereocenters. The van der Waals surface area contributed by atoms with Crippen LogP contribution in [0.4, 0.5) is 5.82 Å². The van der Waals surface area contributed by atoms with Crippen LogP contribution in [0, 0.1) is 12.8 Å². The van der Waals surface area contributed by atoms with Crippen molar-refractivity contribution in [3.63, 3.8) is 0 Å². The second-order valence-corrected chi connectivity index (χ2v) is 4.96. The Labute approximate surface area is 113 Å². The number of carbonyl (C=O) groups is 2. The number of rotatable bonds is 2. The molecule has 2 amide bonds. The molecule has 0 saturated carbocycles. The molecule has 1 aromatic rings. The summed E-state index contributed by atoms with van der Waals surface area (Å²) in [5.74, 6) is 0.417. The number of hydrogen-bond donors (Lipinski definition) is 1. The Morgan fingerprint density at radius 2 is 2.21 bits per heavy atom. The number of nitrogens with zero attached hydrogens (tertiary/aromatic N) is 2. The number of carbonyl (C=O) groups excluding carboxylic acids is 2. The van der Waals surface area contributed by atoms with Crippen LogP contribution in [0.5, 0.6) is 0 Å². The molecular formula is C14H19N3O2. The largest absolute Gasteiger partial charge is 0.342 e. The Kier molecular flexibility index (Phi) is 4.14. The first-order chi connectivity index (χ1) is 9.06. The van der Waals surface area contributed by atoms with Gasteiger partial charge in [-0.15, -0.1) is 0 Å². The van der Waals surface area contributed by atoms with Gasteiger partial charge in [-0.25, -0.2) is 4.98 Å². The summed E-state index contributed by atoms with van der Waals surface area (Å²) < 4.78 is 0. The van der Waals surface area contributed by atoms with E-state index in [2.05, 4.69) is 10.3 Å². The quantitative estimate of drug-likeness (QED) is 0.879. The molecule has 0 spiro atoms. The third-order valence-electron chi connectivity index (χ3n) is 3.38. The second-order valence-electron chi connectivity index (χ2n) is 4.96. The van der Waals surface area contributed by atoms with Gasteiger partial charge in [0, 0.05) is 25.7 Å². The highest BCUT2D eigenvalue weighted by atomic mass is 16.2. The topological polar surface area (TPSA) is 62.3 Å². The van der Waals surface area contributed by atoms with E-state index in [1.807, 2.05) is 19.1 Å². The van der Waals surface area contributed by atoms with E-state index >= 15 is 0 Å². The molecule has 19 heavy (non-hydrogen) atoms. The zero-order valence-corrected chi connectivity index (χ0v) is 11.3. The van der Waals surface area contributed by atoms with Crippen LogP contribution in [0.2, 0.25) is 0 Å². The van der Waals surface area contributed by atoms with E-state index in [-0.39, 0.29) is 17.7 Å². The lowest BCUT2D eigenvalue weighted by Gasteiger charge is -2.31. The molecule has 2 rings (SSSR count). The van der Waals surface area contributed by atoms with Crippen molar-refractivity contribution in [2.75, 3.05) is 18.4 Å². The van der Waals surface area contributed by atoms with Gasteiger partial charge in [0.1, 0.15) is 5.82 Å². The molecule has 1 fully saturated rings. The molecule has 0 aliphatic carbocycles. The predicted octanol–water partition coefficient (Wildman–Crippen LogP) is 1.59. The van der Waals surface area contributed by atoms with E-state index < -0.39 is 0 Å². The first-order valence-corrected chi connectivity index (χ1v) is 6.56. The molecule has 1 atom stereocenters. The molecule has 1 aliphatic heterocycles. The molecule has 1 N–H and O–H groups in total. The number of hydrogen-bond acceptors (Lipinski definition) is 3. The highest BCUT2D eigenvalue weighted by molar-refractivity contribution is 5.92. The number of aromatic nitrogens is 1. The van der Waals surface area contributed by atoms with E-state index in [9.17, 15) is 9.59 Å². The van der Waals surface area contributed by atoms with Crippen molar-refractivity contribution in [3.05, 3.63) is 23.9 Å². The fourth-order valence-electron chi connectivity index (χ4n) is 2.32. The first kappa shape index (κ1) is 13.5. The maximum Gasteiger partial charge on any atom is 0.230 e. The van der Waals surface area contributed by atoms with Crippen molar-refractivity contribution in [1.82, 2.24) is 9.88 Å². The van der Waals surface area contributed by atoms with Gasteiger partial charge < -0.3 is 10.2 Å². The van der Waals surface area contributed by atoms with Gasteiger partial charge in [-0.2, -0.15) is 0 Å². The molecule has 0 aromatic carbocycles. The van der Waals surface area contributed by atoms with Crippen LogP contribution in [0.1, 0.15) is 25.5 Å². The first-order valence-electron chi connectivity index (χ1n) is 6.56. The standard InChI is InChI=1S/C14H19N3O2/c1-10-5-3-7-13(15-10)16-14(19)12-6-4-8-17(9-12)11(2)18/h3,5,7,12H,4,6,8-9H2,1-2H3,(H,15,16,19). The summed E-state index contributed by atoms with van der Waals surface area (Å²) >= 11 is 0. The molecule has 5 nitrogen and oxygen atoms in total. The molecule has 2 heterocycles.